The predicted molar refractivity (Wildman–Crippen MR) is 71.7 cm³/mol. The lowest BCUT2D eigenvalue weighted by molar-refractivity contribution is -0.135. The van der Waals surface area contributed by atoms with Gasteiger partial charge in [0.05, 0.1) is 6.42 Å². The minimum atomic E-state index is -2.32. The van der Waals surface area contributed by atoms with Crippen molar-refractivity contribution in [3.05, 3.63) is 58.1 Å². The van der Waals surface area contributed by atoms with Crippen molar-refractivity contribution in [3.8, 4) is 5.75 Å². The first kappa shape index (κ1) is 17.1. The van der Waals surface area contributed by atoms with Gasteiger partial charge in [-0.25, -0.2) is 13.2 Å². The number of aryl methyl sites for hydroxylation is 1. The largest absolute Gasteiger partial charge is 0.420 e. The lowest BCUT2D eigenvalue weighted by Gasteiger charge is -2.09. The highest BCUT2D eigenvalue weighted by Gasteiger charge is 2.28. The Morgan fingerprint density at radius 2 is 1.57 bits per heavy atom. The summed E-state index contributed by atoms with van der Waals surface area (Å²) in [7, 11) is 0. The third-order valence-electron chi connectivity index (χ3n) is 2.84. The van der Waals surface area contributed by atoms with Crippen LogP contribution >= 0.6 is 12.2 Å². The van der Waals surface area contributed by atoms with E-state index in [4.69, 9.17) is 12.2 Å². The Bertz CT molecular complexity index is 792. The van der Waals surface area contributed by atoms with Crippen LogP contribution < -0.4 is 4.74 Å². The van der Waals surface area contributed by atoms with Crippen molar-refractivity contribution < 1.29 is 31.5 Å². The van der Waals surface area contributed by atoms with Crippen LogP contribution in [0.3, 0.4) is 0 Å². The third kappa shape index (κ3) is 3.55. The van der Waals surface area contributed by atoms with Crippen molar-refractivity contribution in [1.82, 2.24) is 4.57 Å². The van der Waals surface area contributed by atoms with Crippen LogP contribution in [0.15, 0.2) is 24.4 Å². The lowest BCUT2D eigenvalue weighted by Crippen LogP contribution is -2.15. The molecule has 1 aromatic heterocycles. The summed E-state index contributed by atoms with van der Waals surface area (Å²) in [5.74, 6) is -13.9. The number of hydrogen-bond donors (Lipinski definition) is 0. The van der Waals surface area contributed by atoms with E-state index in [1.165, 1.54) is 4.57 Å². The van der Waals surface area contributed by atoms with Gasteiger partial charge in [0.25, 0.3) is 0 Å². The molecule has 0 amide bonds. The van der Waals surface area contributed by atoms with E-state index < -0.39 is 40.8 Å². The Morgan fingerprint density at radius 3 is 2.13 bits per heavy atom. The molecule has 0 N–H and O–H groups in total. The number of nitrogens with zero attached hydrogens (tertiary/aromatic N) is 1. The quantitative estimate of drug-likeness (QED) is 0.209. The normalized spacial score (nSPS) is 10.7. The molecular weight excluding hydrogens is 341 g/mol. The first-order chi connectivity index (χ1) is 10.8. The van der Waals surface area contributed by atoms with Crippen molar-refractivity contribution in [2.45, 2.75) is 13.0 Å². The smallest absolute Gasteiger partial charge is 0.313 e. The second kappa shape index (κ2) is 6.86. The topological polar surface area (TPSA) is 31.2 Å². The molecule has 122 valence electrons. The first-order valence-corrected chi connectivity index (χ1v) is 6.61. The van der Waals surface area contributed by atoms with Crippen LogP contribution in [0.25, 0.3) is 0 Å². The molecular formula is C14H8F5NO2S. The summed E-state index contributed by atoms with van der Waals surface area (Å²) in [5, 5.41) is 0. The molecule has 9 heteroatoms. The van der Waals surface area contributed by atoms with Crippen LogP contribution in [0.5, 0.6) is 5.75 Å². The number of carbonyl (C=O) groups is 1. The molecule has 0 atom stereocenters. The number of esters is 1. The number of halogens is 5. The summed E-state index contributed by atoms with van der Waals surface area (Å²) >= 11 is 4.97. The minimum Gasteiger partial charge on any atom is -0.420 e. The van der Waals surface area contributed by atoms with Crippen LogP contribution in [0.2, 0.25) is 0 Å². The third-order valence-corrected chi connectivity index (χ3v) is 3.21. The second-order valence-electron chi connectivity index (χ2n) is 4.36. The first-order valence-electron chi connectivity index (χ1n) is 6.20. The molecule has 0 saturated carbocycles. The van der Waals surface area contributed by atoms with Gasteiger partial charge in [0.1, 0.15) is 4.64 Å². The summed E-state index contributed by atoms with van der Waals surface area (Å²) in [6.07, 6.45) is 1.19. The number of ether oxygens (including phenoxy) is 1. The highest BCUT2D eigenvalue weighted by Crippen LogP contribution is 2.29. The van der Waals surface area contributed by atoms with Gasteiger partial charge in [-0.1, -0.05) is 18.3 Å². The van der Waals surface area contributed by atoms with Gasteiger partial charge in [-0.3, -0.25) is 4.79 Å². The van der Waals surface area contributed by atoms with Crippen LogP contribution in [0.4, 0.5) is 22.0 Å². The Labute approximate surface area is 131 Å². The molecule has 3 nitrogen and oxygen atoms in total. The van der Waals surface area contributed by atoms with E-state index in [0.717, 1.165) is 0 Å². The highest BCUT2D eigenvalue weighted by atomic mass is 32.1. The van der Waals surface area contributed by atoms with E-state index in [1.54, 1.807) is 24.4 Å². The fourth-order valence-electron chi connectivity index (χ4n) is 1.70. The molecule has 0 aliphatic rings. The van der Waals surface area contributed by atoms with Gasteiger partial charge in [0, 0.05) is 12.7 Å². The van der Waals surface area contributed by atoms with E-state index in [-0.39, 0.29) is 13.0 Å². The summed E-state index contributed by atoms with van der Waals surface area (Å²) in [6.45, 7) is 0.0217. The maximum Gasteiger partial charge on any atom is 0.313 e. The van der Waals surface area contributed by atoms with Crippen molar-refractivity contribution in [2.24, 2.45) is 0 Å². The molecule has 2 rings (SSSR count). The fraction of sp³-hybridized carbons (Fsp3) is 0.143. The molecule has 0 saturated heterocycles. The average Bonchev–Trinajstić information content (AvgIpc) is 2.54. The van der Waals surface area contributed by atoms with Gasteiger partial charge in [-0.05, 0) is 12.1 Å². The number of aromatic nitrogens is 1. The molecule has 1 aromatic carbocycles. The van der Waals surface area contributed by atoms with E-state index in [1.807, 2.05) is 0 Å². The van der Waals surface area contributed by atoms with Crippen molar-refractivity contribution >= 4 is 18.2 Å². The Morgan fingerprint density at radius 1 is 1.00 bits per heavy atom. The van der Waals surface area contributed by atoms with Gasteiger partial charge in [-0.2, -0.15) is 8.78 Å². The Hall–Kier alpha value is -2.29. The van der Waals surface area contributed by atoms with Gasteiger partial charge >= 0.3 is 5.97 Å². The molecule has 0 bridgehead atoms. The predicted octanol–water partition coefficient (Wildman–Crippen LogP) is 3.91. The molecule has 0 unspecified atom stereocenters. The molecule has 0 aliphatic carbocycles. The maximum absolute atomic E-state index is 13.4. The van der Waals surface area contributed by atoms with Gasteiger partial charge in [0.15, 0.2) is 0 Å². The van der Waals surface area contributed by atoms with Crippen LogP contribution in [0, 0.1) is 33.7 Å². The van der Waals surface area contributed by atoms with Gasteiger partial charge in [-0.15, -0.1) is 0 Å². The summed E-state index contributed by atoms with van der Waals surface area (Å²) in [6, 6.07) is 4.90. The van der Waals surface area contributed by atoms with Crippen LogP contribution in [-0.2, 0) is 11.3 Å². The number of carbonyl (C=O) groups excluding carboxylic acids is 1. The Balaban J connectivity index is 2.15. The zero-order valence-electron chi connectivity index (χ0n) is 11.3. The van der Waals surface area contributed by atoms with Gasteiger partial charge < -0.3 is 9.30 Å². The molecule has 23 heavy (non-hydrogen) atoms. The van der Waals surface area contributed by atoms with Crippen LogP contribution in [0.1, 0.15) is 6.42 Å². The maximum atomic E-state index is 13.4. The number of hydrogen-bond acceptors (Lipinski definition) is 3. The van der Waals surface area contributed by atoms with E-state index in [9.17, 15) is 26.7 Å². The van der Waals surface area contributed by atoms with Gasteiger partial charge in [0.2, 0.25) is 34.8 Å². The van der Waals surface area contributed by atoms with Crippen molar-refractivity contribution in [3.63, 3.8) is 0 Å². The van der Waals surface area contributed by atoms with Crippen LogP contribution in [-0.4, -0.2) is 10.5 Å². The monoisotopic (exact) mass is 349 g/mol. The van der Waals surface area contributed by atoms with E-state index >= 15 is 0 Å². The van der Waals surface area contributed by atoms with Crippen molar-refractivity contribution in [1.29, 1.82) is 0 Å². The summed E-state index contributed by atoms with van der Waals surface area (Å²) < 4.78 is 71.7. The minimum absolute atomic E-state index is 0.0217. The number of rotatable bonds is 4. The molecule has 1 heterocycles. The number of benzene rings is 1. The molecule has 0 fully saturated rings. The lowest BCUT2D eigenvalue weighted by atomic mass is 10.2. The highest BCUT2D eigenvalue weighted by molar-refractivity contribution is 7.71. The standard InChI is InChI=1S/C14H8F5NO2S/c15-9-10(16)12(18)14(13(19)11(9)17)22-8(21)4-6-20-5-2-1-3-7(20)23/h1-3,5H,4,6H2. The molecule has 0 radical (unpaired) electrons. The average molecular weight is 349 g/mol. The summed E-state index contributed by atoms with van der Waals surface area (Å²) in [5.41, 5.74) is 0. The van der Waals surface area contributed by atoms with E-state index in [2.05, 4.69) is 4.74 Å². The van der Waals surface area contributed by atoms with E-state index in [0.29, 0.717) is 4.64 Å². The summed E-state index contributed by atoms with van der Waals surface area (Å²) in [4.78, 5) is 11.6. The zero-order chi connectivity index (χ0) is 17.1. The number of pyridine rings is 1. The molecule has 2 aromatic rings. The molecule has 0 aliphatic heterocycles. The SMILES string of the molecule is O=C(CCn1ccccc1=S)Oc1c(F)c(F)c(F)c(F)c1F. The van der Waals surface area contributed by atoms with Crippen molar-refractivity contribution in [2.75, 3.05) is 0 Å². The molecule has 0 spiro atoms. The second-order valence-corrected chi connectivity index (χ2v) is 4.77. The zero-order valence-corrected chi connectivity index (χ0v) is 12.1. The Kier molecular flexibility index (Phi) is 5.09. The fourth-order valence-corrected chi connectivity index (χ4v) is 1.93.